The summed E-state index contributed by atoms with van der Waals surface area (Å²) in [5.74, 6) is -5.54. The van der Waals surface area contributed by atoms with Crippen molar-refractivity contribution in [3.05, 3.63) is 0 Å². The number of carboxylic acid groups (broad SMARTS) is 3. The summed E-state index contributed by atoms with van der Waals surface area (Å²) in [6, 6.07) is 0. The second-order valence-corrected chi connectivity index (χ2v) is 14.2. The van der Waals surface area contributed by atoms with Gasteiger partial charge in [0.25, 0.3) is 0 Å². The fourth-order valence-electron chi connectivity index (χ4n) is 4.67. The lowest BCUT2D eigenvalue weighted by Crippen LogP contribution is -2.45. The predicted octanol–water partition coefficient (Wildman–Crippen LogP) is 5.53. The average Bonchev–Trinajstić information content (AvgIpc) is 2.97. The van der Waals surface area contributed by atoms with Crippen LogP contribution in [-0.4, -0.2) is 92.4 Å². The minimum atomic E-state index is -2.74. The van der Waals surface area contributed by atoms with E-state index in [1.807, 2.05) is 0 Å². The zero-order valence-electron chi connectivity index (χ0n) is 31.1. The van der Waals surface area contributed by atoms with Gasteiger partial charge in [-0.25, -0.2) is 9.59 Å². The molecule has 50 heavy (non-hydrogen) atoms. The fourth-order valence-corrected chi connectivity index (χ4v) is 4.67. The van der Waals surface area contributed by atoms with Gasteiger partial charge in [-0.1, -0.05) is 99.3 Å². The highest BCUT2D eigenvalue weighted by atomic mass is 16.6. The van der Waals surface area contributed by atoms with Gasteiger partial charge in [0.15, 0.2) is 11.2 Å². The summed E-state index contributed by atoms with van der Waals surface area (Å²) in [5.41, 5.74) is -5.03. The number of esters is 3. The van der Waals surface area contributed by atoms with E-state index in [1.54, 1.807) is 0 Å². The minimum Gasteiger partial charge on any atom is -0.481 e. The molecular weight excluding hydrogens is 656 g/mol. The van der Waals surface area contributed by atoms with Gasteiger partial charge in [0.1, 0.15) is 0 Å². The Labute approximate surface area is 297 Å². The quantitative estimate of drug-likeness (QED) is 0.0380. The van der Waals surface area contributed by atoms with Crippen LogP contribution in [0.4, 0.5) is 0 Å². The molecule has 292 valence electrons. The molecule has 0 fully saturated rings. The Balaban J connectivity index is 0. The molecule has 0 rings (SSSR count). The van der Waals surface area contributed by atoms with Crippen LogP contribution < -0.4 is 0 Å². The maximum atomic E-state index is 12.7. The topological polar surface area (TPSA) is 231 Å². The van der Waals surface area contributed by atoms with E-state index in [0.717, 1.165) is 70.6 Å². The van der Waals surface area contributed by atoms with Gasteiger partial charge < -0.3 is 39.7 Å². The molecule has 0 spiro atoms. The Bertz CT molecular complexity index is 955. The van der Waals surface area contributed by atoms with Crippen molar-refractivity contribution in [2.24, 2.45) is 17.8 Å². The summed E-state index contributed by atoms with van der Waals surface area (Å²) in [7, 11) is 0. The van der Waals surface area contributed by atoms with Crippen LogP contribution in [-0.2, 0) is 43.0 Å². The lowest BCUT2D eigenvalue weighted by Gasteiger charge is -2.24. The molecule has 0 saturated heterocycles. The second kappa shape index (κ2) is 27.5. The van der Waals surface area contributed by atoms with Crippen LogP contribution in [0.3, 0.4) is 0 Å². The molecule has 0 bridgehead atoms. The average molecular weight is 721 g/mol. The second-order valence-electron chi connectivity index (χ2n) is 14.2. The Hall–Kier alpha value is -3.26. The van der Waals surface area contributed by atoms with E-state index < -0.39 is 72.7 Å². The molecule has 5 N–H and O–H groups in total. The van der Waals surface area contributed by atoms with Crippen LogP contribution in [0.5, 0.6) is 0 Å². The van der Waals surface area contributed by atoms with Crippen molar-refractivity contribution in [3.8, 4) is 0 Å². The molecule has 0 aromatic carbocycles. The Morgan fingerprint density at radius 2 is 0.780 bits per heavy atom. The van der Waals surface area contributed by atoms with E-state index in [2.05, 4.69) is 41.5 Å². The van der Waals surface area contributed by atoms with Crippen LogP contribution in [0.2, 0.25) is 0 Å². The first-order valence-electron chi connectivity index (χ1n) is 17.8. The van der Waals surface area contributed by atoms with Crippen LogP contribution >= 0.6 is 0 Å². The van der Waals surface area contributed by atoms with E-state index in [4.69, 9.17) is 34.6 Å². The molecule has 14 nitrogen and oxygen atoms in total. The van der Waals surface area contributed by atoms with Crippen molar-refractivity contribution in [1.82, 2.24) is 0 Å². The van der Waals surface area contributed by atoms with Gasteiger partial charge in [-0.3, -0.25) is 19.2 Å². The van der Waals surface area contributed by atoms with E-state index >= 15 is 0 Å². The number of hydrogen-bond acceptors (Lipinski definition) is 11. The van der Waals surface area contributed by atoms with Gasteiger partial charge in [-0.2, -0.15) is 0 Å². The maximum Gasteiger partial charge on any atom is 0.339 e. The van der Waals surface area contributed by atoms with Gasteiger partial charge in [-0.05, 0) is 37.0 Å². The summed E-state index contributed by atoms with van der Waals surface area (Å²) >= 11 is 0. The van der Waals surface area contributed by atoms with E-state index in [1.165, 1.54) is 0 Å². The molecule has 0 radical (unpaired) electrons. The normalized spacial score (nSPS) is 11.6. The van der Waals surface area contributed by atoms with Crippen LogP contribution in [0, 0.1) is 17.8 Å². The first-order chi connectivity index (χ1) is 23.2. The summed E-state index contributed by atoms with van der Waals surface area (Å²) in [6.45, 7) is 13.6. The lowest BCUT2D eigenvalue weighted by atomic mass is 9.95. The lowest BCUT2D eigenvalue weighted by molar-refractivity contribution is -0.178. The largest absolute Gasteiger partial charge is 0.481 e. The highest BCUT2D eigenvalue weighted by molar-refractivity contribution is 5.90. The zero-order valence-corrected chi connectivity index (χ0v) is 31.1. The van der Waals surface area contributed by atoms with Gasteiger partial charge in [0, 0.05) is 0 Å². The van der Waals surface area contributed by atoms with Crippen molar-refractivity contribution in [1.29, 1.82) is 0 Å². The third kappa shape index (κ3) is 27.5. The molecule has 0 aromatic rings. The van der Waals surface area contributed by atoms with E-state index in [9.17, 15) is 33.9 Å². The summed E-state index contributed by atoms with van der Waals surface area (Å²) in [6.07, 6.45) is 7.84. The molecule has 0 unspecified atom stereocenters. The third-order valence-electron chi connectivity index (χ3n) is 7.58. The monoisotopic (exact) mass is 720 g/mol. The molecule has 0 heterocycles. The van der Waals surface area contributed by atoms with Crippen LogP contribution in [0.15, 0.2) is 0 Å². The van der Waals surface area contributed by atoms with Crippen molar-refractivity contribution < 1.29 is 68.5 Å². The molecule has 0 aliphatic carbocycles. The maximum absolute atomic E-state index is 12.7. The highest BCUT2D eigenvalue weighted by Crippen LogP contribution is 2.21. The number of hydrogen-bond donors (Lipinski definition) is 5. The Morgan fingerprint density at radius 3 is 1.06 bits per heavy atom. The van der Waals surface area contributed by atoms with E-state index in [0.29, 0.717) is 24.2 Å². The fraction of sp³-hybridized carbons (Fsp3) is 0.833. The number of aliphatic carboxylic acids is 3. The number of rotatable bonds is 28. The predicted molar refractivity (Wildman–Crippen MR) is 184 cm³/mol. The summed E-state index contributed by atoms with van der Waals surface area (Å²) < 4.78 is 15.8. The molecule has 0 saturated carbocycles. The molecule has 0 atom stereocenters. The first kappa shape index (κ1) is 48.9. The minimum absolute atomic E-state index is 0.134. The van der Waals surface area contributed by atoms with Crippen molar-refractivity contribution >= 4 is 35.8 Å². The Kier molecular flexibility index (Phi) is 26.8. The molecule has 0 aliphatic heterocycles. The zero-order chi connectivity index (χ0) is 38.8. The molecule has 0 amide bonds. The number of carbonyl (C=O) groups is 6. The van der Waals surface area contributed by atoms with Crippen LogP contribution in [0.25, 0.3) is 0 Å². The van der Waals surface area contributed by atoms with Gasteiger partial charge in [0.05, 0.1) is 45.5 Å². The van der Waals surface area contributed by atoms with Crippen molar-refractivity contribution in [2.75, 3.05) is 19.8 Å². The van der Waals surface area contributed by atoms with Gasteiger partial charge in [-0.15, -0.1) is 0 Å². The first-order valence-corrected chi connectivity index (χ1v) is 17.8. The van der Waals surface area contributed by atoms with Crippen molar-refractivity contribution in [2.45, 2.75) is 155 Å². The molecular formula is C36H64O14. The highest BCUT2D eigenvalue weighted by Gasteiger charge is 2.43. The van der Waals surface area contributed by atoms with E-state index in [-0.39, 0.29) is 19.8 Å². The van der Waals surface area contributed by atoms with Gasteiger partial charge in [0.2, 0.25) is 0 Å². The smallest absolute Gasteiger partial charge is 0.339 e. The van der Waals surface area contributed by atoms with Gasteiger partial charge >= 0.3 is 35.8 Å². The molecule has 14 heteroatoms. The third-order valence-corrected chi connectivity index (χ3v) is 7.58. The molecule has 0 aliphatic rings. The number of ether oxygens (including phenoxy) is 3. The molecule has 0 aromatic heterocycles. The van der Waals surface area contributed by atoms with Crippen molar-refractivity contribution in [3.63, 3.8) is 0 Å². The SMILES string of the molecule is CC(C)CCCCCOC(=O)CC(O)(CC(=O)OCCCCCC(C)C)C(=O)OCCCCCC(C)C.O=C(O)CC(O)(CC(=O)O)C(=O)O. The standard InChI is InChI=1S/C30H56O7.C6H8O7/c1-24(2)16-10-7-13-19-35-27(31)22-30(34,29(33)37-21-15-9-12-18-26(5)6)23-28(32)36-20-14-8-11-17-25(3)4;7-3(8)1-6(13,5(11)12)2-4(9)10/h24-26,34H,7-23H2,1-6H3;13H,1-2H2,(H,7,8)(H,9,10)(H,11,12). The number of carboxylic acids is 3. The number of unbranched alkanes of at least 4 members (excludes halogenated alkanes) is 6. The number of aliphatic hydroxyl groups is 2. The Morgan fingerprint density at radius 1 is 0.460 bits per heavy atom. The summed E-state index contributed by atoms with van der Waals surface area (Å²) in [5, 5.41) is 44.8. The van der Waals surface area contributed by atoms with Crippen LogP contribution in [0.1, 0.15) is 144 Å². The summed E-state index contributed by atoms with van der Waals surface area (Å²) in [4.78, 5) is 68.1. The number of carbonyl (C=O) groups excluding carboxylic acids is 3.